The van der Waals surface area contributed by atoms with Crippen molar-refractivity contribution in [3.8, 4) is 0 Å². The van der Waals surface area contributed by atoms with E-state index in [4.69, 9.17) is 0 Å². The molecule has 0 aliphatic heterocycles. The monoisotopic (exact) mass is 125 g/mol. The van der Waals surface area contributed by atoms with E-state index in [1.54, 1.807) is 12.4 Å². The molecular formula is C7H8FN. The number of alkyl halides is 1. The maximum atomic E-state index is 11.7. The summed E-state index contributed by atoms with van der Waals surface area (Å²) in [4.78, 5) is 3.84. The summed E-state index contributed by atoms with van der Waals surface area (Å²) >= 11 is 0. The quantitative estimate of drug-likeness (QED) is 0.585. The van der Waals surface area contributed by atoms with Gasteiger partial charge in [0.15, 0.2) is 0 Å². The van der Waals surface area contributed by atoms with Gasteiger partial charge >= 0.3 is 0 Å². The molecule has 0 aliphatic carbocycles. The molecule has 9 heavy (non-hydrogen) atoms. The van der Waals surface area contributed by atoms with E-state index in [0.29, 0.717) is 6.42 Å². The van der Waals surface area contributed by atoms with Crippen molar-refractivity contribution in [2.45, 2.75) is 6.42 Å². The zero-order chi connectivity index (χ0) is 6.53. The number of rotatable bonds is 2. The Kier molecular flexibility index (Phi) is 2.19. The van der Waals surface area contributed by atoms with Crippen LogP contribution in [0.5, 0.6) is 0 Å². The van der Waals surface area contributed by atoms with Crippen molar-refractivity contribution < 1.29 is 4.39 Å². The zero-order valence-electron chi connectivity index (χ0n) is 5.05. The Labute approximate surface area is 53.5 Å². The highest BCUT2D eigenvalue weighted by atomic mass is 19.1. The predicted molar refractivity (Wildman–Crippen MR) is 33.9 cm³/mol. The van der Waals surface area contributed by atoms with Crippen LogP contribution in [0.25, 0.3) is 0 Å². The molecule has 48 valence electrons. The number of pyridine rings is 1. The van der Waals surface area contributed by atoms with Gasteiger partial charge in [0.25, 0.3) is 0 Å². The number of aryl methyl sites for hydroxylation is 1. The molecule has 0 fully saturated rings. The van der Waals surface area contributed by atoms with Crippen LogP contribution in [0.2, 0.25) is 0 Å². The first-order valence-electron chi connectivity index (χ1n) is 2.88. The fraction of sp³-hybridized carbons (Fsp3) is 0.286. The summed E-state index contributed by atoms with van der Waals surface area (Å²) in [6.07, 6.45) is 3.84. The highest BCUT2D eigenvalue weighted by Gasteiger charge is 1.87. The van der Waals surface area contributed by atoms with Crippen molar-refractivity contribution in [2.24, 2.45) is 0 Å². The van der Waals surface area contributed by atoms with E-state index in [0.717, 1.165) is 5.56 Å². The predicted octanol–water partition coefficient (Wildman–Crippen LogP) is 1.59. The van der Waals surface area contributed by atoms with Crippen LogP contribution < -0.4 is 0 Å². The summed E-state index contributed by atoms with van der Waals surface area (Å²) in [5, 5.41) is 0. The third-order valence-corrected chi connectivity index (χ3v) is 1.11. The Morgan fingerprint density at radius 1 is 1.56 bits per heavy atom. The van der Waals surface area contributed by atoms with Crippen LogP contribution in [-0.2, 0) is 6.42 Å². The highest BCUT2D eigenvalue weighted by Crippen LogP contribution is 1.95. The van der Waals surface area contributed by atoms with Crippen molar-refractivity contribution in [3.63, 3.8) is 0 Å². The van der Waals surface area contributed by atoms with Gasteiger partial charge in [0.1, 0.15) is 0 Å². The molecule has 0 amide bonds. The summed E-state index contributed by atoms with van der Waals surface area (Å²) in [5.41, 5.74) is 0.958. The second-order valence-corrected chi connectivity index (χ2v) is 1.80. The standard InChI is InChI=1S/C7H8FN/c8-4-3-7-2-1-5-9-6-7/h1-2,5-6H,3-4H2. The summed E-state index contributed by atoms with van der Waals surface area (Å²) in [6, 6.07) is 3.68. The lowest BCUT2D eigenvalue weighted by atomic mass is 10.2. The number of hydrogen-bond acceptors (Lipinski definition) is 1. The summed E-state index contributed by atoms with van der Waals surface area (Å²) in [7, 11) is 0. The SMILES string of the molecule is FCCc1cccnc1. The smallest absolute Gasteiger partial charge is 0.0935 e. The van der Waals surface area contributed by atoms with Crippen LogP contribution >= 0.6 is 0 Å². The molecule has 1 aromatic rings. The van der Waals surface area contributed by atoms with Crippen LogP contribution in [0.3, 0.4) is 0 Å². The average Bonchev–Trinajstić information content (AvgIpc) is 1.91. The molecule has 0 radical (unpaired) electrons. The van der Waals surface area contributed by atoms with Crippen molar-refractivity contribution in [3.05, 3.63) is 30.1 Å². The van der Waals surface area contributed by atoms with Crippen LogP contribution in [-0.4, -0.2) is 11.7 Å². The fourth-order valence-electron chi connectivity index (χ4n) is 0.655. The Morgan fingerprint density at radius 2 is 2.44 bits per heavy atom. The second kappa shape index (κ2) is 3.17. The summed E-state index contributed by atoms with van der Waals surface area (Å²) in [5.74, 6) is 0. The normalized spacial score (nSPS) is 9.44. The number of hydrogen-bond donors (Lipinski definition) is 0. The second-order valence-electron chi connectivity index (χ2n) is 1.80. The molecular weight excluding hydrogens is 117 g/mol. The van der Waals surface area contributed by atoms with Crippen LogP contribution in [0, 0.1) is 0 Å². The third kappa shape index (κ3) is 1.80. The van der Waals surface area contributed by atoms with Gasteiger partial charge in [0.2, 0.25) is 0 Å². The molecule has 0 aliphatic rings. The van der Waals surface area contributed by atoms with Gasteiger partial charge < -0.3 is 0 Å². The first-order chi connectivity index (χ1) is 4.43. The van der Waals surface area contributed by atoms with Gasteiger partial charge in [0.05, 0.1) is 6.67 Å². The molecule has 1 heterocycles. The minimum absolute atomic E-state index is 0.300. The van der Waals surface area contributed by atoms with E-state index in [2.05, 4.69) is 4.98 Å². The zero-order valence-corrected chi connectivity index (χ0v) is 5.05. The van der Waals surface area contributed by atoms with E-state index < -0.39 is 0 Å². The Bertz CT molecular complexity index is 162. The molecule has 0 saturated heterocycles. The highest BCUT2D eigenvalue weighted by molar-refractivity contribution is 5.08. The number of halogens is 1. The molecule has 1 rings (SSSR count). The first kappa shape index (κ1) is 6.20. The van der Waals surface area contributed by atoms with Gasteiger partial charge in [0, 0.05) is 18.8 Å². The van der Waals surface area contributed by atoms with Crippen molar-refractivity contribution in [1.29, 1.82) is 0 Å². The van der Waals surface area contributed by atoms with Crippen molar-refractivity contribution in [2.75, 3.05) is 6.67 Å². The third-order valence-electron chi connectivity index (χ3n) is 1.11. The van der Waals surface area contributed by atoms with Crippen molar-refractivity contribution >= 4 is 0 Å². The van der Waals surface area contributed by atoms with Gasteiger partial charge in [-0.05, 0) is 11.6 Å². The minimum atomic E-state index is -0.300. The first-order valence-corrected chi connectivity index (χ1v) is 2.88. The van der Waals surface area contributed by atoms with Gasteiger partial charge in [-0.15, -0.1) is 0 Å². The molecule has 0 N–H and O–H groups in total. The summed E-state index contributed by atoms with van der Waals surface area (Å²) < 4.78 is 11.7. The van der Waals surface area contributed by atoms with E-state index >= 15 is 0 Å². The summed E-state index contributed by atoms with van der Waals surface area (Å²) in [6.45, 7) is -0.300. The molecule has 0 aromatic carbocycles. The van der Waals surface area contributed by atoms with Gasteiger partial charge in [-0.3, -0.25) is 9.37 Å². The maximum absolute atomic E-state index is 11.7. The molecule has 0 spiro atoms. The molecule has 2 heteroatoms. The van der Waals surface area contributed by atoms with Crippen LogP contribution in [0.1, 0.15) is 5.56 Å². The molecule has 1 aromatic heterocycles. The Balaban J connectivity index is 2.61. The maximum Gasteiger partial charge on any atom is 0.0935 e. The van der Waals surface area contributed by atoms with E-state index in [1.807, 2.05) is 12.1 Å². The molecule has 0 unspecified atom stereocenters. The molecule has 0 saturated carbocycles. The average molecular weight is 125 g/mol. The Hall–Kier alpha value is -0.920. The van der Waals surface area contributed by atoms with E-state index in [9.17, 15) is 4.39 Å². The largest absolute Gasteiger partial charge is 0.264 e. The molecule has 0 bridgehead atoms. The van der Waals surface area contributed by atoms with E-state index in [-0.39, 0.29) is 6.67 Å². The fourth-order valence-corrected chi connectivity index (χ4v) is 0.655. The topological polar surface area (TPSA) is 12.9 Å². The van der Waals surface area contributed by atoms with E-state index in [1.165, 1.54) is 0 Å². The van der Waals surface area contributed by atoms with Crippen molar-refractivity contribution in [1.82, 2.24) is 4.98 Å². The lowest BCUT2D eigenvalue weighted by Crippen LogP contribution is -1.85. The minimum Gasteiger partial charge on any atom is -0.264 e. The lowest BCUT2D eigenvalue weighted by molar-refractivity contribution is 0.495. The lowest BCUT2D eigenvalue weighted by Gasteiger charge is -1.91. The number of aromatic nitrogens is 1. The van der Waals surface area contributed by atoms with Crippen LogP contribution in [0.4, 0.5) is 4.39 Å². The molecule has 0 atom stereocenters. The number of nitrogens with zero attached hydrogens (tertiary/aromatic N) is 1. The molecule has 1 nitrogen and oxygen atoms in total. The Morgan fingerprint density at radius 3 is 3.00 bits per heavy atom. The van der Waals surface area contributed by atoms with Gasteiger partial charge in [-0.25, -0.2) is 0 Å². The van der Waals surface area contributed by atoms with Gasteiger partial charge in [-0.2, -0.15) is 0 Å². The van der Waals surface area contributed by atoms with Gasteiger partial charge in [-0.1, -0.05) is 6.07 Å². The van der Waals surface area contributed by atoms with Crippen LogP contribution in [0.15, 0.2) is 24.5 Å².